The molecule has 0 saturated carbocycles. The number of nitrogens with one attached hydrogen (secondary N) is 1. The van der Waals surface area contributed by atoms with Gasteiger partial charge < -0.3 is 4.90 Å². The van der Waals surface area contributed by atoms with E-state index in [2.05, 4.69) is 10.2 Å². The zero-order valence-electron chi connectivity index (χ0n) is 13.2. The molecule has 6 heteroatoms. The number of rotatable bonds is 3. The molecular weight excluding hydrogens is 315 g/mol. The van der Waals surface area contributed by atoms with E-state index < -0.39 is 11.7 Å². The van der Waals surface area contributed by atoms with Crippen LogP contribution in [0.2, 0.25) is 0 Å². The predicted octanol–water partition coefficient (Wildman–Crippen LogP) is 4.83. The molecule has 0 amide bonds. The lowest BCUT2D eigenvalue weighted by atomic mass is 10.1. The summed E-state index contributed by atoms with van der Waals surface area (Å²) in [6.07, 6.45) is -4.33. The highest BCUT2D eigenvalue weighted by Crippen LogP contribution is 2.31. The third kappa shape index (κ3) is 3.27. The van der Waals surface area contributed by atoms with Gasteiger partial charge in [-0.2, -0.15) is 18.3 Å². The fourth-order valence-corrected chi connectivity index (χ4v) is 2.39. The quantitative estimate of drug-likeness (QED) is 0.745. The maximum atomic E-state index is 12.6. The highest BCUT2D eigenvalue weighted by molar-refractivity contribution is 5.69. The van der Waals surface area contributed by atoms with Crippen molar-refractivity contribution in [1.29, 1.82) is 0 Å². The monoisotopic (exact) mass is 331 g/mol. The number of anilines is 1. The van der Waals surface area contributed by atoms with Crippen LogP contribution in [0.15, 0.2) is 54.6 Å². The molecule has 2 aromatic carbocycles. The van der Waals surface area contributed by atoms with E-state index in [0.29, 0.717) is 11.3 Å². The molecule has 0 aliphatic rings. The number of benzene rings is 2. The first-order valence-corrected chi connectivity index (χ1v) is 7.35. The summed E-state index contributed by atoms with van der Waals surface area (Å²) in [7, 11) is 3.93. The van der Waals surface area contributed by atoms with Crippen LogP contribution in [-0.4, -0.2) is 24.3 Å². The Morgan fingerprint density at radius 3 is 2.00 bits per heavy atom. The molecule has 0 spiro atoms. The smallest absolute Gasteiger partial charge is 0.378 e. The van der Waals surface area contributed by atoms with Crippen LogP contribution in [0.3, 0.4) is 0 Å². The summed E-state index contributed by atoms with van der Waals surface area (Å²) < 4.78 is 37.8. The van der Waals surface area contributed by atoms with Gasteiger partial charge in [0.15, 0.2) is 0 Å². The molecule has 24 heavy (non-hydrogen) atoms. The Balaban J connectivity index is 1.85. The van der Waals surface area contributed by atoms with E-state index in [9.17, 15) is 13.2 Å². The minimum Gasteiger partial charge on any atom is -0.378 e. The van der Waals surface area contributed by atoms with Crippen LogP contribution in [0, 0.1) is 0 Å². The topological polar surface area (TPSA) is 31.9 Å². The Morgan fingerprint density at radius 2 is 1.46 bits per heavy atom. The van der Waals surface area contributed by atoms with E-state index in [-0.39, 0.29) is 0 Å². The first-order valence-electron chi connectivity index (χ1n) is 7.35. The summed E-state index contributed by atoms with van der Waals surface area (Å²) in [6, 6.07) is 14.7. The van der Waals surface area contributed by atoms with Gasteiger partial charge in [0.2, 0.25) is 0 Å². The van der Waals surface area contributed by atoms with Gasteiger partial charge in [0.05, 0.1) is 17.0 Å². The van der Waals surface area contributed by atoms with Gasteiger partial charge in [-0.3, -0.25) is 5.10 Å². The van der Waals surface area contributed by atoms with Crippen molar-refractivity contribution in [3.05, 3.63) is 60.2 Å². The van der Waals surface area contributed by atoms with Crippen molar-refractivity contribution in [2.45, 2.75) is 6.18 Å². The molecule has 1 heterocycles. The maximum absolute atomic E-state index is 12.6. The van der Waals surface area contributed by atoms with Crippen molar-refractivity contribution < 1.29 is 13.2 Å². The predicted molar refractivity (Wildman–Crippen MR) is 88.8 cm³/mol. The molecule has 3 nitrogen and oxygen atoms in total. The second-order valence-electron chi connectivity index (χ2n) is 5.68. The number of hydrogen-bond donors (Lipinski definition) is 1. The van der Waals surface area contributed by atoms with Gasteiger partial charge in [0, 0.05) is 25.3 Å². The summed E-state index contributed by atoms with van der Waals surface area (Å²) >= 11 is 0. The fourth-order valence-electron chi connectivity index (χ4n) is 2.39. The standard InChI is InChI=1S/C18H16F3N3/c1-24(2)15-9-5-13(6-10-15)17-11-16(22-23-17)12-3-7-14(8-4-12)18(19,20)21/h3-11H,1-2H3,(H,22,23). The summed E-state index contributed by atoms with van der Waals surface area (Å²) in [5.41, 5.74) is 3.44. The van der Waals surface area contributed by atoms with E-state index in [0.717, 1.165) is 29.1 Å². The first-order chi connectivity index (χ1) is 11.3. The molecule has 1 N–H and O–H groups in total. The molecule has 1 aromatic heterocycles. The molecule has 0 aliphatic carbocycles. The molecule has 0 aliphatic heterocycles. The third-order valence-electron chi connectivity index (χ3n) is 3.78. The molecule has 3 rings (SSSR count). The fraction of sp³-hybridized carbons (Fsp3) is 0.167. The second kappa shape index (κ2) is 6.03. The normalized spacial score (nSPS) is 11.5. The van der Waals surface area contributed by atoms with Gasteiger partial charge in [0.25, 0.3) is 0 Å². The Morgan fingerprint density at radius 1 is 0.875 bits per heavy atom. The SMILES string of the molecule is CN(C)c1ccc(-c2cc(-c3ccc(C(F)(F)F)cc3)[nH]n2)cc1. The summed E-state index contributed by atoms with van der Waals surface area (Å²) in [5, 5.41) is 7.12. The highest BCUT2D eigenvalue weighted by Gasteiger charge is 2.30. The molecule has 0 bridgehead atoms. The summed E-state index contributed by atoms with van der Waals surface area (Å²) in [6.45, 7) is 0. The van der Waals surface area contributed by atoms with E-state index in [1.54, 1.807) is 0 Å². The van der Waals surface area contributed by atoms with E-state index in [1.807, 2.05) is 49.3 Å². The van der Waals surface area contributed by atoms with Gasteiger partial charge in [0.1, 0.15) is 0 Å². The van der Waals surface area contributed by atoms with Crippen LogP contribution in [-0.2, 0) is 6.18 Å². The maximum Gasteiger partial charge on any atom is 0.416 e. The lowest BCUT2D eigenvalue weighted by Gasteiger charge is -2.12. The van der Waals surface area contributed by atoms with Gasteiger partial charge in [-0.1, -0.05) is 24.3 Å². The Hall–Kier alpha value is -2.76. The van der Waals surface area contributed by atoms with Crippen LogP contribution in [0.25, 0.3) is 22.5 Å². The third-order valence-corrected chi connectivity index (χ3v) is 3.78. The molecule has 3 aromatic rings. The molecule has 124 valence electrons. The Bertz CT molecular complexity index is 816. The van der Waals surface area contributed by atoms with Crippen LogP contribution in [0.5, 0.6) is 0 Å². The zero-order valence-corrected chi connectivity index (χ0v) is 13.2. The van der Waals surface area contributed by atoms with E-state index in [4.69, 9.17) is 0 Å². The number of halogens is 3. The van der Waals surface area contributed by atoms with Gasteiger partial charge in [-0.25, -0.2) is 0 Å². The molecular formula is C18H16F3N3. The van der Waals surface area contributed by atoms with Crippen LogP contribution in [0.1, 0.15) is 5.56 Å². The highest BCUT2D eigenvalue weighted by atomic mass is 19.4. The Kier molecular flexibility index (Phi) is 4.05. The van der Waals surface area contributed by atoms with Gasteiger partial charge in [-0.15, -0.1) is 0 Å². The molecule has 0 fully saturated rings. The second-order valence-corrected chi connectivity index (χ2v) is 5.68. The van der Waals surface area contributed by atoms with Crippen molar-refractivity contribution in [3.8, 4) is 22.5 Å². The minimum atomic E-state index is -4.33. The molecule has 0 unspecified atom stereocenters. The summed E-state index contributed by atoms with van der Waals surface area (Å²) in [5.74, 6) is 0. The first kappa shape index (κ1) is 16.1. The number of alkyl halides is 3. The molecule has 0 saturated heterocycles. The number of hydrogen-bond acceptors (Lipinski definition) is 2. The number of H-pyrrole nitrogens is 1. The molecule has 0 radical (unpaired) electrons. The number of aromatic nitrogens is 2. The van der Waals surface area contributed by atoms with Crippen molar-refractivity contribution in [3.63, 3.8) is 0 Å². The van der Waals surface area contributed by atoms with Crippen LogP contribution >= 0.6 is 0 Å². The van der Waals surface area contributed by atoms with Gasteiger partial charge >= 0.3 is 6.18 Å². The Labute approximate surface area is 137 Å². The van der Waals surface area contributed by atoms with Crippen LogP contribution in [0.4, 0.5) is 18.9 Å². The summed E-state index contributed by atoms with van der Waals surface area (Å²) in [4.78, 5) is 2.00. The molecule has 0 atom stereocenters. The average Bonchev–Trinajstić information content (AvgIpc) is 3.04. The van der Waals surface area contributed by atoms with E-state index >= 15 is 0 Å². The van der Waals surface area contributed by atoms with Crippen LogP contribution < -0.4 is 4.90 Å². The number of nitrogens with zero attached hydrogens (tertiary/aromatic N) is 2. The largest absolute Gasteiger partial charge is 0.416 e. The lowest BCUT2D eigenvalue weighted by molar-refractivity contribution is -0.137. The average molecular weight is 331 g/mol. The lowest BCUT2D eigenvalue weighted by Crippen LogP contribution is -2.07. The zero-order chi connectivity index (χ0) is 17.3. The minimum absolute atomic E-state index is 0.659. The van der Waals surface area contributed by atoms with Gasteiger partial charge in [-0.05, 0) is 35.9 Å². The number of aromatic amines is 1. The van der Waals surface area contributed by atoms with Crippen molar-refractivity contribution in [2.75, 3.05) is 19.0 Å². The van der Waals surface area contributed by atoms with Crippen molar-refractivity contribution >= 4 is 5.69 Å². The van der Waals surface area contributed by atoms with Crippen molar-refractivity contribution in [1.82, 2.24) is 10.2 Å². The van der Waals surface area contributed by atoms with E-state index in [1.165, 1.54) is 12.1 Å². The van der Waals surface area contributed by atoms with Crippen molar-refractivity contribution in [2.24, 2.45) is 0 Å².